The molecule has 1 atom stereocenters. The molecular formula is C12H13BN2O. The zero-order chi connectivity index (χ0) is 11.2. The van der Waals surface area contributed by atoms with Gasteiger partial charge in [-0.1, -0.05) is 23.7 Å². The lowest BCUT2D eigenvalue weighted by Gasteiger charge is -2.31. The summed E-state index contributed by atoms with van der Waals surface area (Å²) < 4.78 is 5.29. The molecule has 0 aromatic heterocycles. The van der Waals surface area contributed by atoms with Crippen LogP contribution in [0, 0.1) is 0 Å². The van der Waals surface area contributed by atoms with Crippen LogP contribution in [0.4, 0.5) is 0 Å². The van der Waals surface area contributed by atoms with Crippen LogP contribution in [-0.4, -0.2) is 26.0 Å². The van der Waals surface area contributed by atoms with Crippen molar-refractivity contribution in [2.75, 3.05) is 6.61 Å². The van der Waals surface area contributed by atoms with Crippen LogP contribution in [0.1, 0.15) is 17.5 Å². The summed E-state index contributed by atoms with van der Waals surface area (Å²) in [5, 5.41) is 0. The van der Waals surface area contributed by atoms with Gasteiger partial charge in [0.15, 0.2) is 0 Å². The van der Waals surface area contributed by atoms with Crippen molar-refractivity contribution < 1.29 is 4.74 Å². The summed E-state index contributed by atoms with van der Waals surface area (Å²) in [6, 6.07) is 6.41. The van der Waals surface area contributed by atoms with Gasteiger partial charge in [-0.25, -0.2) is 4.99 Å². The molecule has 2 aliphatic rings. The minimum absolute atomic E-state index is 0.160. The van der Waals surface area contributed by atoms with E-state index in [4.69, 9.17) is 18.3 Å². The molecule has 1 spiro atoms. The molecule has 80 valence electrons. The number of nitrogens with two attached hydrogens (primary N) is 1. The fourth-order valence-corrected chi connectivity index (χ4v) is 2.61. The summed E-state index contributed by atoms with van der Waals surface area (Å²) in [5.41, 5.74) is 8.85. The monoisotopic (exact) mass is 212 g/mol. The van der Waals surface area contributed by atoms with Crippen LogP contribution in [0.5, 0.6) is 0 Å². The van der Waals surface area contributed by atoms with Gasteiger partial charge in [0.2, 0.25) is 0 Å². The van der Waals surface area contributed by atoms with Crippen molar-refractivity contribution in [2.45, 2.75) is 24.8 Å². The van der Waals surface area contributed by atoms with E-state index in [-0.39, 0.29) is 5.54 Å². The van der Waals surface area contributed by atoms with Crippen molar-refractivity contribution in [3.05, 3.63) is 29.3 Å². The van der Waals surface area contributed by atoms with E-state index in [0.717, 1.165) is 24.7 Å². The molecule has 0 fully saturated rings. The SMILES string of the molecule is [B]c1cccc2c1CC1(CC2)COC(N)=N1. The highest BCUT2D eigenvalue weighted by molar-refractivity contribution is 6.33. The Balaban J connectivity index is 2.00. The van der Waals surface area contributed by atoms with Crippen molar-refractivity contribution >= 4 is 19.3 Å². The molecule has 2 N–H and O–H groups in total. The number of aryl methyl sites for hydroxylation is 1. The Morgan fingerprint density at radius 1 is 1.44 bits per heavy atom. The molecule has 0 bridgehead atoms. The molecule has 4 heteroatoms. The van der Waals surface area contributed by atoms with Gasteiger partial charge in [-0.3, -0.25) is 0 Å². The number of aliphatic imine (C=N–C) groups is 1. The van der Waals surface area contributed by atoms with Gasteiger partial charge in [-0.05, 0) is 24.0 Å². The fraction of sp³-hybridized carbons (Fsp3) is 0.417. The number of ether oxygens (including phenoxy) is 1. The third-order valence-corrected chi connectivity index (χ3v) is 3.51. The van der Waals surface area contributed by atoms with Crippen LogP contribution < -0.4 is 11.2 Å². The first-order valence-electron chi connectivity index (χ1n) is 5.53. The average molecular weight is 212 g/mol. The molecule has 3 nitrogen and oxygen atoms in total. The zero-order valence-electron chi connectivity index (χ0n) is 9.07. The van der Waals surface area contributed by atoms with Crippen LogP contribution in [0.15, 0.2) is 23.2 Å². The molecule has 1 aromatic carbocycles. The lowest BCUT2D eigenvalue weighted by atomic mass is 9.74. The number of hydrogen-bond donors (Lipinski definition) is 1. The third kappa shape index (κ3) is 1.40. The summed E-state index contributed by atoms with van der Waals surface area (Å²) in [4.78, 5) is 4.44. The fourth-order valence-electron chi connectivity index (χ4n) is 2.61. The molecule has 1 aliphatic heterocycles. The van der Waals surface area contributed by atoms with E-state index in [0.29, 0.717) is 12.6 Å². The van der Waals surface area contributed by atoms with Crippen LogP contribution in [0.25, 0.3) is 0 Å². The van der Waals surface area contributed by atoms with Gasteiger partial charge >= 0.3 is 0 Å². The zero-order valence-corrected chi connectivity index (χ0v) is 9.07. The maximum absolute atomic E-state index is 6.01. The lowest BCUT2D eigenvalue weighted by Crippen LogP contribution is -2.38. The standard InChI is InChI=1S/C12H13BN2O/c13-10-3-1-2-8-4-5-12(6-9(8)10)7-16-11(14)15-12/h1-3H,4-7H2,(H2,14,15). The molecule has 1 heterocycles. The summed E-state index contributed by atoms with van der Waals surface area (Å²) in [6.07, 6.45) is 2.83. The Bertz CT molecular complexity index is 472. The topological polar surface area (TPSA) is 47.6 Å². The first-order chi connectivity index (χ1) is 7.69. The highest BCUT2D eigenvalue weighted by atomic mass is 16.5. The lowest BCUT2D eigenvalue weighted by molar-refractivity contribution is 0.235. The van der Waals surface area contributed by atoms with Gasteiger partial charge in [0, 0.05) is 6.42 Å². The van der Waals surface area contributed by atoms with E-state index in [1.54, 1.807) is 0 Å². The maximum Gasteiger partial charge on any atom is 0.282 e. The third-order valence-electron chi connectivity index (χ3n) is 3.51. The minimum Gasteiger partial charge on any atom is -0.463 e. The Morgan fingerprint density at radius 3 is 3.06 bits per heavy atom. The molecule has 2 radical (unpaired) electrons. The first kappa shape index (κ1) is 9.76. The molecule has 1 aliphatic carbocycles. The summed E-state index contributed by atoms with van der Waals surface area (Å²) in [5.74, 6) is 0. The van der Waals surface area contributed by atoms with Gasteiger partial charge in [0.05, 0.1) is 0 Å². The van der Waals surface area contributed by atoms with Crippen molar-refractivity contribution in [3.8, 4) is 0 Å². The summed E-state index contributed by atoms with van der Waals surface area (Å²) in [7, 11) is 6.01. The van der Waals surface area contributed by atoms with Crippen LogP contribution >= 0.6 is 0 Å². The van der Waals surface area contributed by atoms with Crippen LogP contribution in [-0.2, 0) is 17.6 Å². The van der Waals surface area contributed by atoms with Gasteiger partial charge in [-0.2, -0.15) is 0 Å². The largest absolute Gasteiger partial charge is 0.463 e. The van der Waals surface area contributed by atoms with Crippen LogP contribution in [0.2, 0.25) is 0 Å². The quantitative estimate of drug-likeness (QED) is 0.618. The van der Waals surface area contributed by atoms with E-state index in [2.05, 4.69) is 11.1 Å². The molecule has 0 amide bonds. The number of hydrogen-bond acceptors (Lipinski definition) is 3. The van der Waals surface area contributed by atoms with Gasteiger partial charge in [0.1, 0.15) is 20.0 Å². The van der Waals surface area contributed by atoms with E-state index >= 15 is 0 Å². The number of nitrogens with zero attached hydrogens (tertiary/aromatic N) is 1. The number of benzene rings is 1. The van der Waals surface area contributed by atoms with Crippen molar-refractivity contribution in [1.82, 2.24) is 0 Å². The Labute approximate surface area is 96.1 Å². The van der Waals surface area contributed by atoms with Crippen LogP contribution in [0.3, 0.4) is 0 Å². The minimum atomic E-state index is -0.160. The predicted molar refractivity (Wildman–Crippen MR) is 64.2 cm³/mol. The molecule has 1 aromatic rings. The maximum atomic E-state index is 6.01. The second-order valence-corrected chi connectivity index (χ2v) is 4.62. The first-order valence-corrected chi connectivity index (χ1v) is 5.53. The number of fused-ring (bicyclic) bond motifs is 1. The van der Waals surface area contributed by atoms with Gasteiger partial charge < -0.3 is 10.5 Å². The predicted octanol–water partition coefficient (Wildman–Crippen LogP) is 0.0528. The Morgan fingerprint density at radius 2 is 2.31 bits per heavy atom. The summed E-state index contributed by atoms with van der Waals surface area (Å²) >= 11 is 0. The average Bonchev–Trinajstić information content (AvgIpc) is 2.62. The van der Waals surface area contributed by atoms with E-state index in [9.17, 15) is 0 Å². The smallest absolute Gasteiger partial charge is 0.282 e. The Hall–Kier alpha value is -1.45. The van der Waals surface area contributed by atoms with Gasteiger partial charge in [0.25, 0.3) is 6.02 Å². The van der Waals surface area contributed by atoms with Gasteiger partial charge in [-0.15, -0.1) is 0 Å². The van der Waals surface area contributed by atoms with Crippen molar-refractivity contribution in [3.63, 3.8) is 0 Å². The van der Waals surface area contributed by atoms with E-state index in [1.807, 2.05) is 12.1 Å². The molecule has 3 rings (SSSR count). The van der Waals surface area contributed by atoms with Crippen molar-refractivity contribution in [2.24, 2.45) is 10.7 Å². The van der Waals surface area contributed by atoms with Crippen molar-refractivity contribution in [1.29, 1.82) is 0 Å². The molecule has 16 heavy (non-hydrogen) atoms. The number of rotatable bonds is 0. The highest BCUT2D eigenvalue weighted by Crippen LogP contribution is 2.33. The molecule has 1 unspecified atom stereocenters. The summed E-state index contributed by atoms with van der Waals surface area (Å²) in [6.45, 7) is 0.590. The normalized spacial score (nSPS) is 27.4. The van der Waals surface area contributed by atoms with E-state index in [1.165, 1.54) is 11.1 Å². The second-order valence-electron chi connectivity index (χ2n) is 4.62. The van der Waals surface area contributed by atoms with E-state index < -0.39 is 0 Å². The Kier molecular flexibility index (Phi) is 2.00. The number of amidine groups is 1. The molecular weight excluding hydrogens is 199 g/mol. The highest BCUT2D eigenvalue weighted by Gasteiger charge is 2.39. The molecule has 0 saturated heterocycles. The molecule has 0 saturated carbocycles. The second kappa shape index (κ2) is 3.27.